The molecule has 0 spiro atoms. The third kappa shape index (κ3) is 4.01. The van der Waals surface area contributed by atoms with Crippen LogP contribution in [0.2, 0.25) is 0 Å². The first-order valence-electron chi connectivity index (χ1n) is 9.01. The quantitative estimate of drug-likeness (QED) is 0.462. The van der Waals surface area contributed by atoms with E-state index in [0.717, 1.165) is 24.3 Å². The van der Waals surface area contributed by atoms with Crippen molar-refractivity contribution >= 4 is 28.3 Å². The monoisotopic (exact) mass is 374 g/mol. The average Bonchev–Trinajstić information content (AvgIpc) is 3.13. The minimum atomic E-state index is -0.374. The molecular weight excluding hydrogens is 355 g/mol. The van der Waals surface area contributed by atoms with E-state index in [1.165, 1.54) is 35.2 Å². The molecule has 0 atom stereocenters. The standard InChI is InChI=1S/C22H19FN4O/c23-17-7-5-15(6-8-17)22(28)27-18-9-10-21(26-14-18)24-12-11-16-13-25-20-4-2-1-3-19(16)20/h1-10,13-14,25H,11-12H2,(H,24,26)(H,27,28). The predicted octanol–water partition coefficient (Wildman–Crippen LogP) is 4.61. The molecule has 0 unspecified atom stereocenters. The van der Waals surface area contributed by atoms with Crippen molar-refractivity contribution in [2.45, 2.75) is 6.42 Å². The number of rotatable bonds is 6. The molecule has 2 aromatic carbocycles. The zero-order valence-corrected chi connectivity index (χ0v) is 15.1. The fraction of sp³-hybridized carbons (Fsp3) is 0.0909. The normalized spacial score (nSPS) is 10.8. The van der Waals surface area contributed by atoms with Gasteiger partial charge in [-0.1, -0.05) is 18.2 Å². The summed E-state index contributed by atoms with van der Waals surface area (Å²) in [5.41, 5.74) is 3.36. The number of nitrogens with one attached hydrogen (secondary N) is 3. The van der Waals surface area contributed by atoms with E-state index in [1.54, 1.807) is 12.3 Å². The second-order valence-corrected chi connectivity index (χ2v) is 6.43. The Hall–Kier alpha value is -3.67. The maximum absolute atomic E-state index is 12.9. The van der Waals surface area contributed by atoms with Gasteiger partial charge in [-0.05, 0) is 54.4 Å². The number of aromatic amines is 1. The summed E-state index contributed by atoms with van der Waals surface area (Å²) in [5.74, 6) is 0.0581. The zero-order valence-electron chi connectivity index (χ0n) is 15.1. The molecule has 0 radical (unpaired) electrons. The van der Waals surface area contributed by atoms with Crippen molar-refractivity contribution in [3.8, 4) is 0 Å². The van der Waals surface area contributed by atoms with E-state index in [-0.39, 0.29) is 11.7 Å². The van der Waals surface area contributed by atoms with Gasteiger partial charge in [0.15, 0.2) is 0 Å². The van der Waals surface area contributed by atoms with Crippen LogP contribution in [-0.2, 0) is 6.42 Å². The molecule has 1 amide bonds. The summed E-state index contributed by atoms with van der Waals surface area (Å²) < 4.78 is 12.9. The summed E-state index contributed by atoms with van der Waals surface area (Å²) in [6, 6.07) is 17.2. The summed E-state index contributed by atoms with van der Waals surface area (Å²) in [7, 11) is 0. The maximum Gasteiger partial charge on any atom is 0.255 e. The lowest BCUT2D eigenvalue weighted by Gasteiger charge is -2.08. The molecule has 2 aromatic heterocycles. The van der Waals surface area contributed by atoms with Gasteiger partial charge in [0, 0.05) is 29.2 Å². The third-order valence-corrected chi connectivity index (χ3v) is 4.50. The number of nitrogens with zero attached hydrogens (tertiary/aromatic N) is 1. The molecule has 140 valence electrons. The molecule has 0 fully saturated rings. The van der Waals surface area contributed by atoms with Crippen molar-refractivity contribution in [3.63, 3.8) is 0 Å². The van der Waals surface area contributed by atoms with E-state index in [4.69, 9.17) is 0 Å². The van der Waals surface area contributed by atoms with Gasteiger partial charge >= 0.3 is 0 Å². The van der Waals surface area contributed by atoms with Gasteiger partial charge in [0.25, 0.3) is 5.91 Å². The van der Waals surface area contributed by atoms with Crippen LogP contribution in [-0.4, -0.2) is 22.4 Å². The number of carbonyl (C=O) groups is 1. The minimum Gasteiger partial charge on any atom is -0.370 e. The number of hydrogen-bond donors (Lipinski definition) is 3. The molecule has 6 heteroatoms. The van der Waals surface area contributed by atoms with Crippen LogP contribution in [0.5, 0.6) is 0 Å². The first kappa shape index (κ1) is 17.7. The van der Waals surface area contributed by atoms with Crippen molar-refractivity contribution in [1.29, 1.82) is 0 Å². The second-order valence-electron chi connectivity index (χ2n) is 6.43. The fourth-order valence-corrected chi connectivity index (χ4v) is 3.04. The molecule has 5 nitrogen and oxygen atoms in total. The Morgan fingerprint density at radius 2 is 1.86 bits per heavy atom. The van der Waals surface area contributed by atoms with E-state index in [1.807, 2.05) is 24.4 Å². The first-order chi connectivity index (χ1) is 13.7. The molecule has 4 rings (SSSR count). The Kier molecular flexibility index (Phi) is 5.01. The van der Waals surface area contributed by atoms with Crippen molar-refractivity contribution in [2.75, 3.05) is 17.2 Å². The number of hydrogen-bond acceptors (Lipinski definition) is 3. The second kappa shape index (κ2) is 7.92. The Morgan fingerprint density at radius 1 is 1.04 bits per heavy atom. The molecule has 0 aliphatic rings. The smallest absolute Gasteiger partial charge is 0.255 e. The number of aromatic nitrogens is 2. The topological polar surface area (TPSA) is 69.8 Å². The van der Waals surface area contributed by atoms with Crippen LogP contribution < -0.4 is 10.6 Å². The number of fused-ring (bicyclic) bond motifs is 1. The van der Waals surface area contributed by atoms with Gasteiger partial charge < -0.3 is 15.6 Å². The highest BCUT2D eigenvalue weighted by molar-refractivity contribution is 6.04. The van der Waals surface area contributed by atoms with Crippen LogP contribution >= 0.6 is 0 Å². The number of para-hydroxylation sites is 1. The Bertz CT molecular complexity index is 1090. The van der Waals surface area contributed by atoms with Crippen molar-refractivity contribution in [2.24, 2.45) is 0 Å². The SMILES string of the molecule is O=C(Nc1ccc(NCCc2c[nH]c3ccccc23)nc1)c1ccc(F)cc1. The summed E-state index contributed by atoms with van der Waals surface area (Å²) in [6.07, 6.45) is 4.50. The highest BCUT2D eigenvalue weighted by atomic mass is 19.1. The van der Waals surface area contributed by atoms with Gasteiger partial charge in [-0.2, -0.15) is 0 Å². The van der Waals surface area contributed by atoms with Gasteiger partial charge in [0.05, 0.1) is 11.9 Å². The average molecular weight is 374 g/mol. The summed E-state index contributed by atoms with van der Waals surface area (Å²) in [6.45, 7) is 0.746. The van der Waals surface area contributed by atoms with Crippen molar-refractivity contribution in [1.82, 2.24) is 9.97 Å². The number of halogens is 1. The molecule has 4 aromatic rings. The van der Waals surface area contributed by atoms with Gasteiger partial charge in [-0.25, -0.2) is 9.37 Å². The van der Waals surface area contributed by atoms with Crippen LogP contribution in [0.4, 0.5) is 15.9 Å². The molecular formula is C22H19FN4O. The van der Waals surface area contributed by atoms with Crippen LogP contribution in [0.3, 0.4) is 0 Å². The zero-order chi connectivity index (χ0) is 19.3. The fourth-order valence-electron chi connectivity index (χ4n) is 3.04. The number of pyridine rings is 1. The summed E-state index contributed by atoms with van der Waals surface area (Å²) in [4.78, 5) is 19.7. The summed E-state index contributed by atoms with van der Waals surface area (Å²) >= 11 is 0. The van der Waals surface area contributed by atoms with Crippen molar-refractivity contribution in [3.05, 3.63) is 90.0 Å². The third-order valence-electron chi connectivity index (χ3n) is 4.50. The highest BCUT2D eigenvalue weighted by Gasteiger charge is 2.07. The van der Waals surface area contributed by atoms with E-state index in [0.29, 0.717) is 11.3 Å². The number of amides is 1. The molecule has 2 heterocycles. The van der Waals surface area contributed by atoms with E-state index in [2.05, 4.69) is 32.7 Å². The first-order valence-corrected chi connectivity index (χ1v) is 9.01. The molecule has 0 aliphatic carbocycles. The van der Waals surface area contributed by atoms with Crippen LogP contribution in [0.15, 0.2) is 73.1 Å². The van der Waals surface area contributed by atoms with Gasteiger partial charge in [-0.3, -0.25) is 4.79 Å². The largest absolute Gasteiger partial charge is 0.370 e. The van der Waals surface area contributed by atoms with E-state index < -0.39 is 0 Å². The summed E-state index contributed by atoms with van der Waals surface area (Å²) in [5, 5.41) is 7.27. The molecule has 3 N–H and O–H groups in total. The molecule has 0 saturated heterocycles. The lowest BCUT2D eigenvalue weighted by atomic mass is 10.1. The number of H-pyrrole nitrogens is 1. The number of anilines is 2. The van der Waals surface area contributed by atoms with Gasteiger partial charge in [-0.15, -0.1) is 0 Å². The van der Waals surface area contributed by atoms with Gasteiger partial charge in [0.1, 0.15) is 11.6 Å². The lowest BCUT2D eigenvalue weighted by molar-refractivity contribution is 0.102. The molecule has 0 saturated carbocycles. The van der Waals surface area contributed by atoms with Crippen LogP contribution in [0, 0.1) is 5.82 Å². The maximum atomic E-state index is 12.9. The number of benzene rings is 2. The number of carbonyl (C=O) groups excluding carboxylic acids is 1. The lowest BCUT2D eigenvalue weighted by Crippen LogP contribution is -2.12. The highest BCUT2D eigenvalue weighted by Crippen LogP contribution is 2.18. The predicted molar refractivity (Wildman–Crippen MR) is 109 cm³/mol. The molecule has 0 bridgehead atoms. The van der Waals surface area contributed by atoms with Gasteiger partial charge in [0.2, 0.25) is 0 Å². The molecule has 0 aliphatic heterocycles. The minimum absolute atomic E-state index is 0.304. The van der Waals surface area contributed by atoms with Crippen LogP contribution in [0.25, 0.3) is 10.9 Å². The Labute approximate surface area is 161 Å². The van der Waals surface area contributed by atoms with E-state index in [9.17, 15) is 9.18 Å². The molecule has 28 heavy (non-hydrogen) atoms. The van der Waals surface area contributed by atoms with E-state index >= 15 is 0 Å². The van der Waals surface area contributed by atoms with Crippen LogP contribution in [0.1, 0.15) is 15.9 Å². The Morgan fingerprint density at radius 3 is 2.64 bits per heavy atom. The van der Waals surface area contributed by atoms with Crippen molar-refractivity contribution < 1.29 is 9.18 Å². The Balaban J connectivity index is 1.32.